The maximum atomic E-state index is 12.5. The van der Waals surface area contributed by atoms with Gasteiger partial charge in [-0.2, -0.15) is 18.4 Å². The molecule has 0 unspecified atom stereocenters. The fourth-order valence-corrected chi connectivity index (χ4v) is 1.15. The summed E-state index contributed by atoms with van der Waals surface area (Å²) < 4.78 is 37.4. The minimum atomic E-state index is -4.57. The zero-order chi connectivity index (χ0) is 13.8. The number of hydrogen-bond donors (Lipinski definition) is 1. The Morgan fingerprint density at radius 1 is 1.28 bits per heavy atom. The van der Waals surface area contributed by atoms with Gasteiger partial charge in [-0.05, 0) is 18.2 Å². The van der Waals surface area contributed by atoms with E-state index in [1.54, 1.807) is 6.07 Å². The minimum absolute atomic E-state index is 0.0392. The van der Waals surface area contributed by atoms with Gasteiger partial charge in [0.2, 0.25) is 0 Å². The van der Waals surface area contributed by atoms with E-state index in [2.05, 4.69) is 11.8 Å². The molecule has 0 aliphatic carbocycles. The van der Waals surface area contributed by atoms with Gasteiger partial charge in [-0.1, -0.05) is 11.8 Å². The highest BCUT2D eigenvalue weighted by Crippen LogP contribution is 2.30. The number of carbonyl (C=O) groups is 1. The maximum Gasteiger partial charge on any atom is 0.416 e. The number of alkyl halides is 3. The number of rotatable bonds is 1. The Balaban J connectivity index is 3.16. The van der Waals surface area contributed by atoms with Crippen LogP contribution >= 0.6 is 0 Å². The number of nitrogens with zero attached hydrogens (tertiary/aromatic N) is 1. The zero-order valence-corrected chi connectivity index (χ0v) is 8.88. The quantitative estimate of drug-likeness (QED) is 0.782. The third kappa shape index (κ3) is 3.84. The van der Waals surface area contributed by atoms with Crippen LogP contribution in [0.4, 0.5) is 13.2 Å². The molecule has 0 saturated heterocycles. The average molecular weight is 253 g/mol. The van der Waals surface area contributed by atoms with Crippen LogP contribution in [0, 0.1) is 23.2 Å². The van der Waals surface area contributed by atoms with Gasteiger partial charge in [-0.3, -0.25) is 4.79 Å². The van der Waals surface area contributed by atoms with Crippen molar-refractivity contribution in [2.75, 3.05) is 0 Å². The van der Waals surface area contributed by atoms with Crippen LogP contribution in [-0.4, -0.2) is 11.1 Å². The molecule has 0 aliphatic heterocycles. The second-order valence-corrected chi connectivity index (χ2v) is 3.28. The average Bonchev–Trinajstić information content (AvgIpc) is 2.27. The van der Waals surface area contributed by atoms with Gasteiger partial charge < -0.3 is 5.11 Å². The summed E-state index contributed by atoms with van der Waals surface area (Å²) in [7, 11) is 0. The maximum absolute atomic E-state index is 12.5. The van der Waals surface area contributed by atoms with Crippen molar-refractivity contribution in [3.8, 4) is 17.9 Å². The monoisotopic (exact) mass is 253 g/mol. The zero-order valence-electron chi connectivity index (χ0n) is 8.88. The van der Waals surface area contributed by atoms with Crippen molar-refractivity contribution in [3.05, 3.63) is 34.9 Å². The fourth-order valence-electron chi connectivity index (χ4n) is 1.15. The Hall–Kier alpha value is -2.47. The molecule has 1 aromatic carbocycles. The smallest absolute Gasteiger partial charge is 0.416 e. The Kier molecular flexibility index (Phi) is 3.96. The number of nitriles is 1. The molecule has 0 aliphatic rings. The van der Waals surface area contributed by atoms with Crippen LogP contribution in [0.25, 0.3) is 0 Å². The summed E-state index contributed by atoms with van der Waals surface area (Å²) in [6.07, 6.45) is -5.05. The Morgan fingerprint density at radius 2 is 1.89 bits per heavy atom. The Morgan fingerprint density at radius 3 is 2.39 bits per heavy atom. The molecule has 0 spiro atoms. The molecule has 0 atom stereocenters. The van der Waals surface area contributed by atoms with Gasteiger partial charge in [0.1, 0.15) is 6.42 Å². The van der Waals surface area contributed by atoms with Gasteiger partial charge in [-0.25, -0.2) is 0 Å². The molecule has 0 saturated carbocycles. The number of benzene rings is 1. The van der Waals surface area contributed by atoms with E-state index in [0.29, 0.717) is 6.07 Å². The Labute approximate surface area is 100 Å². The van der Waals surface area contributed by atoms with E-state index in [0.717, 1.165) is 6.07 Å². The lowest BCUT2D eigenvalue weighted by Crippen LogP contribution is -2.05. The van der Waals surface area contributed by atoms with Crippen molar-refractivity contribution in [2.45, 2.75) is 12.6 Å². The highest BCUT2D eigenvalue weighted by Gasteiger charge is 2.31. The topological polar surface area (TPSA) is 61.1 Å². The van der Waals surface area contributed by atoms with Crippen molar-refractivity contribution >= 4 is 5.97 Å². The number of carboxylic acids is 1. The number of halogens is 3. The van der Waals surface area contributed by atoms with E-state index in [1.165, 1.54) is 6.07 Å². The molecule has 0 heterocycles. The van der Waals surface area contributed by atoms with Crippen molar-refractivity contribution in [1.29, 1.82) is 5.26 Å². The molecule has 0 fully saturated rings. The van der Waals surface area contributed by atoms with Crippen LogP contribution in [-0.2, 0) is 11.0 Å². The predicted octanol–water partition coefficient (Wildman–Crippen LogP) is 2.40. The number of carboxylic acid groups (broad SMARTS) is 1. The molecular weight excluding hydrogens is 247 g/mol. The molecule has 3 nitrogen and oxygen atoms in total. The molecule has 92 valence electrons. The van der Waals surface area contributed by atoms with Gasteiger partial charge in [-0.15, -0.1) is 0 Å². The molecule has 1 aromatic rings. The molecule has 0 bridgehead atoms. The van der Waals surface area contributed by atoms with Crippen LogP contribution in [0.5, 0.6) is 0 Å². The van der Waals surface area contributed by atoms with Crippen molar-refractivity contribution in [1.82, 2.24) is 0 Å². The van der Waals surface area contributed by atoms with E-state index in [-0.39, 0.29) is 11.1 Å². The predicted molar refractivity (Wildman–Crippen MR) is 55.3 cm³/mol. The van der Waals surface area contributed by atoms with Crippen LogP contribution in [0.15, 0.2) is 18.2 Å². The summed E-state index contributed by atoms with van der Waals surface area (Å²) >= 11 is 0. The lowest BCUT2D eigenvalue weighted by molar-refractivity contribution is -0.138. The third-order valence-electron chi connectivity index (χ3n) is 1.86. The highest BCUT2D eigenvalue weighted by atomic mass is 19.4. The lowest BCUT2D eigenvalue weighted by atomic mass is 10.1. The minimum Gasteiger partial charge on any atom is -0.481 e. The van der Waals surface area contributed by atoms with E-state index in [9.17, 15) is 18.0 Å². The fraction of sp³-hybridized carbons (Fsp3) is 0.167. The summed E-state index contributed by atoms with van der Waals surface area (Å²) in [6, 6.07) is 4.25. The van der Waals surface area contributed by atoms with E-state index in [4.69, 9.17) is 10.4 Å². The molecular formula is C12H6F3NO2. The first kappa shape index (κ1) is 13.6. The first-order valence-corrected chi connectivity index (χ1v) is 4.66. The van der Waals surface area contributed by atoms with Gasteiger partial charge in [0.25, 0.3) is 0 Å². The molecule has 18 heavy (non-hydrogen) atoms. The first-order chi connectivity index (χ1) is 8.32. The van der Waals surface area contributed by atoms with Gasteiger partial charge >= 0.3 is 12.1 Å². The van der Waals surface area contributed by atoms with Crippen LogP contribution in [0.3, 0.4) is 0 Å². The number of hydrogen-bond acceptors (Lipinski definition) is 2. The van der Waals surface area contributed by atoms with Crippen LogP contribution in [0.2, 0.25) is 0 Å². The summed E-state index contributed by atoms with van der Waals surface area (Å²) in [5, 5.41) is 16.9. The third-order valence-corrected chi connectivity index (χ3v) is 1.86. The highest BCUT2D eigenvalue weighted by molar-refractivity contribution is 5.70. The largest absolute Gasteiger partial charge is 0.481 e. The Bertz CT molecular complexity index is 574. The standard InChI is InChI=1S/C12H6F3NO2/c13-12(14,15)10-5-8(2-1-3-11(17)18)4-9(6-10)7-16/h4-6H,3H2,(H,17,18). The van der Waals surface area contributed by atoms with E-state index < -0.39 is 24.1 Å². The molecule has 0 aromatic heterocycles. The molecule has 0 radical (unpaired) electrons. The van der Waals surface area contributed by atoms with Crippen LogP contribution in [0.1, 0.15) is 23.1 Å². The molecule has 6 heteroatoms. The van der Waals surface area contributed by atoms with Gasteiger partial charge in [0.15, 0.2) is 0 Å². The van der Waals surface area contributed by atoms with Crippen molar-refractivity contribution < 1.29 is 23.1 Å². The molecule has 1 rings (SSSR count). The van der Waals surface area contributed by atoms with Gasteiger partial charge in [0, 0.05) is 5.56 Å². The lowest BCUT2D eigenvalue weighted by Gasteiger charge is -2.07. The van der Waals surface area contributed by atoms with Gasteiger partial charge in [0.05, 0.1) is 17.2 Å². The summed E-state index contributed by atoms with van der Waals surface area (Å²) in [5.74, 6) is 3.31. The van der Waals surface area contributed by atoms with Crippen LogP contribution < -0.4 is 0 Å². The molecule has 1 N–H and O–H groups in total. The van der Waals surface area contributed by atoms with E-state index >= 15 is 0 Å². The summed E-state index contributed by atoms with van der Waals surface area (Å²) in [6.45, 7) is 0. The SMILES string of the molecule is N#Cc1cc(C#CCC(=O)O)cc(C(F)(F)F)c1. The second-order valence-electron chi connectivity index (χ2n) is 3.28. The summed E-state index contributed by atoms with van der Waals surface area (Å²) in [4.78, 5) is 10.2. The van der Waals surface area contributed by atoms with Crippen molar-refractivity contribution in [2.24, 2.45) is 0 Å². The number of aliphatic carboxylic acids is 1. The van der Waals surface area contributed by atoms with E-state index in [1.807, 2.05) is 0 Å². The second kappa shape index (κ2) is 5.24. The first-order valence-electron chi connectivity index (χ1n) is 4.66. The normalized spacial score (nSPS) is 10.1. The van der Waals surface area contributed by atoms with Crippen molar-refractivity contribution in [3.63, 3.8) is 0 Å². The molecule has 0 amide bonds. The summed E-state index contributed by atoms with van der Waals surface area (Å²) in [5.41, 5.74) is -1.20.